The molecule has 4 N–H and O–H groups in total. The first-order chi connectivity index (χ1) is 22.4. The van der Waals surface area contributed by atoms with Crippen molar-refractivity contribution < 1.29 is 31.9 Å². The minimum Gasteiger partial charge on any atom is -0.465 e. The molecule has 1 heterocycles. The largest absolute Gasteiger partial charge is 0.465 e. The summed E-state index contributed by atoms with van der Waals surface area (Å²) in [6, 6.07) is 6.37. The van der Waals surface area contributed by atoms with Gasteiger partial charge in [-0.1, -0.05) is 41.5 Å². The molecule has 49 heavy (non-hydrogen) atoms. The van der Waals surface area contributed by atoms with Crippen LogP contribution in [0.15, 0.2) is 41.2 Å². The Morgan fingerprint density at radius 3 is 2.02 bits per heavy atom. The van der Waals surface area contributed by atoms with Gasteiger partial charge in [0, 0.05) is 34.2 Å². The lowest BCUT2D eigenvalue weighted by molar-refractivity contribution is -0.154. The average Bonchev–Trinajstić information content (AvgIpc) is 3.64. The van der Waals surface area contributed by atoms with Gasteiger partial charge < -0.3 is 10.2 Å². The molecule has 4 bridgehead atoms. The van der Waals surface area contributed by atoms with Crippen molar-refractivity contribution in [3.05, 3.63) is 81.3 Å². The van der Waals surface area contributed by atoms with Crippen LogP contribution >= 0.6 is 12.4 Å². The Hall–Kier alpha value is -3.64. The van der Waals surface area contributed by atoms with Crippen molar-refractivity contribution in [3.63, 3.8) is 0 Å². The fourth-order valence-electron chi connectivity index (χ4n) is 8.68. The van der Waals surface area contributed by atoms with Crippen LogP contribution in [0.3, 0.4) is 0 Å². The molecule has 7 rings (SSSR count). The minimum absolute atomic E-state index is 0. The second-order valence-corrected chi connectivity index (χ2v) is 14.8. The molecule has 1 aromatic heterocycles. The highest BCUT2D eigenvalue weighted by Gasteiger charge is 2.68. The number of halogens is 5. The van der Waals surface area contributed by atoms with E-state index in [9.17, 15) is 31.9 Å². The van der Waals surface area contributed by atoms with Crippen LogP contribution in [-0.2, 0) is 19.7 Å². The monoisotopic (exact) mass is 708 g/mol. The number of esters is 1. The maximum Gasteiger partial charge on any atom is 0.316 e. The highest BCUT2D eigenvalue weighted by atomic mass is 35.5. The summed E-state index contributed by atoms with van der Waals surface area (Å²) in [4.78, 5) is 36.9. The van der Waals surface area contributed by atoms with E-state index in [1.807, 2.05) is 6.92 Å². The number of fused-ring (bicyclic) bond motifs is 7. The molecule has 5 atom stereocenters. The fraction of sp³-hybridized carbons (Fsp3) is 0.528. The molecule has 2 aromatic carbocycles. The summed E-state index contributed by atoms with van der Waals surface area (Å²) in [6.45, 7) is 14.9. The summed E-state index contributed by atoms with van der Waals surface area (Å²) in [7, 11) is 0. The molecule has 3 aromatic rings. The third kappa shape index (κ3) is 5.78. The Kier molecular flexibility index (Phi) is 10.3. The number of hydrogen-bond acceptors (Lipinski definition) is 6. The smallest absolute Gasteiger partial charge is 0.316 e. The van der Waals surface area contributed by atoms with E-state index in [4.69, 9.17) is 10.6 Å². The summed E-state index contributed by atoms with van der Waals surface area (Å²) in [6.07, 6.45) is 3.89. The van der Waals surface area contributed by atoms with Gasteiger partial charge in [-0.2, -0.15) is 0 Å². The predicted octanol–water partition coefficient (Wildman–Crippen LogP) is 7.48. The number of nitrogens with one attached hydrogen (secondary N) is 2. The topological polar surface area (TPSA) is 119 Å². The highest BCUT2D eigenvalue weighted by Crippen LogP contribution is 2.67. The molecule has 0 aliphatic heterocycles. The number of carbonyl (C=O) groups is 2. The van der Waals surface area contributed by atoms with Crippen LogP contribution in [0.4, 0.5) is 23.2 Å². The third-order valence-corrected chi connectivity index (χ3v) is 12.4. The van der Waals surface area contributed by atoms with Gasteiger partial charge in [0.15, 0.2) is 17.4 Å². The molecule has 0 radical (unpaired) electrons. The molecular weight excluding hydrogens is 664 g/mol. The number of aromatic nitrogens is 2. The van der Waals surface area contributed by atoms with E-state index in [1.54, 1.807) is 6.92 Å². The normalized spacial score (nSPS) is 27.7. The Bertz CT molecular complexity index is 1820. The first-order valence-corrected chi connectivity index (χ1v) is 16.3. The summed E-state index contributed by atoms with van der Waals surface area (Å²) < 4.78 is 58.0. The molecule has 8 nitrogen and oxygen atoms in total. The van der Waals surface area contributed by atoms with Crippen molar-refractivity contribution in [1.29, 1.82) is 0 Å². The lowest BCUT2D eigenvalue weighted by atomic mass is 9.70. The van der Waals surface area contributed by atoms with Gasteiger partial charge in [-0.15, -0.1) is 12.4 Å². The molecule has 4 aliphatic carbocycles. The number of nitrogens with zero attached hydrogens (tertiary/aromatic N) is 1. The zero-order chi connectivity index (χ0) is 35.6. The van der Waals surface area contributed by atoms with E-state index in [-0.39, 0.29) is 74.6 Å². The van der Waals surface area contributed by atoms with Gasteiger partial charge in [0.25, 0.3) is 5.56 Å². The van der Waals surface area contributed by atoms with Crippen molar-refractivity contribution in [2.24, 2.45) is 33.9 Å². The number of nitrogens with two attached hydrogens (primary N) is 1. The number of benzene rings is 2. The van der Waals surface area contributed by atoms with Crippen LogP contribution in [0.1, 0.15) is 91.3 Å². The van der Waals surface area contributed by atoms with Crippen molar-refractivity contribution >= 4 is 29.8 Å². The number of aromatic amines is 1. The maximum atomic E-state index is 14.0. The summed E-state index contributed by atoms with van der Waals surface area (Å²) in [5, 5.41) is 3.11. The second-order valence-electron chi connectivity index (χ2n) is 14.8. The first-order valence-electron chi connectivity index (χ1n) is 16.3. The van der Waals surface area contributed by atoms with Crippen molar-refractivity contribution in [2.45, 2.75) is 85.5 Å². The Labute approximate surface area is 289 Å². The number of H-pyrrole nitrogens is 1. The summed E-state index contributed by atoms with van der Waals surface area (Å²) >= 11 is 0. The number of hydrogen-bond donors (Lipinski definition) is 3. The third-order valence-electron chi connectivity index (χ3n) is 12.4. The van der Waals surface area contributed by atoms with Crippen LogP contribution in [0.2, 0.25) is 0 Å². The molecular formula is C36H45ClF4N4O4. The molecule has 268 valence electrons. The standard InChI is InChI=1S/C17H18F2N2O.C13H20O3.C6H6F2N2.ClH/c1-16(2)10-6-7-17(16,3)14-13(10)15(22)21(20-14)12-5-4-9(18)8-11(12)19;1-5-16-11(15)9-8-6-7-13(4,10(9)14)12(8,2)3;7-4-1-2-6(10-9)5(8)3-4;/h4-5,8,10,20H,6-7H2,1-3H3;8-9H,5-7H2,1-4H3;1-3,10H,9H2;1H/t10-,17+;8-,9?,13+;;/m11../s1. The second kappa shape index (κ2) is 13.2. The molecule has 3 saturated carbocycles. The number of ether oxygens (including phenoxy) is 1. The van der Waals surface area contributed by atoms with E-state index in [2.05, 4.69) is 45.1 Å². The van der Waals surface area contributed by atoms with Gasteiger partial charge in [0.1, 0.15) is 23.2 Å². The van der Waals surface area contributed by atoms with Crippen LogP contribution in [-0.4, -0.2) is 28.1 Å². The number of nitrogen functional groups attached to an aromatic ring is 1. The molecule has 0 amide bonds. The number of ketones is 1. The van der Waals surface area contributed by atoms with Crippen LogP contribution < -0.4 is 16.8 Å². The Morgan fingerprint density at radius 2 is 1.51 bits per heavy atom. The predicted molar refractivity (Wildman–Crippen MR) is 181 cm³/mol. The van der Waals surface area contributed by atoms with Crippen molar-refractivity contribution in [1.82, 2.24) is 9.78 Å². The van der Waals surface area contributed by atoms with Gasteiger partial charge in [-0.05, 0) is 79.5 Å². The van der Waals surface area contributed by atoms with E-state index in [0.717, 1.165) is 61.2 Å². The SMILES string of the molecule is CC1(C)[C@@H]2CC[C@@]1(C)c1[nH]n(-c3ccc(F)cc3F)c(=O)c12.CCOC(=O)C1C(=O)[C@]2(C)CC[C@H]1C2(C)C.Cl.NNc1ccc(F)cc1F. The van der Waals surface area contributed by atoms with E-state index in [0.29, 0.717) is 6.61 Å². The van der Waals surface area contributed by atoms with Gasteiger partial charge in [0.05, 0.1) is 12.3 Å². The number of hydrazine groups is 1. The van der Waals surface area contributed by atoms with E-state index in [1.165, 1.54) is 16.8 Å². The van der Waals surface area contributed by atoms with Crippen LogP contribution in [0.25, 0.3) is 5.69 Å². The minimum atomic E-state index is -0.737. The number of rotatable bonds is 4. The Balaban J connectivity index is 0.000000177. The van der Waals surface area contributed by atoms with Gasteiger partial charge in [-0.3, -0.25) is 25.3 Å². The zero-order valence-electron chi connectivity index (χ0n) is 28.8. The molecule has 4 aliphatic rings. The highest BCUT2D eigenvalue weighted by molar-refractivity contribution is 6.05. The summed E-state index contributed by atoms with van der Waals surface area (Å²) in [5.41, 5.74) is 3.25. The molecule has 13 heteroatoms. The number of carbonyl (C=O) groups excluding carboxylic acids is 2. The van der Waals surface area contributed by atoms with E-state index < -0.39 is 29.2 Å². The van der Waals surface area contributed by atoms with Gasteiger partial charge in [0.2, 0.25) is 0 Å². The molecule has 3 fully saturated rings. The van der Waals surface area contributed by atoms with Crippen molar-refractivity contribution in [3.8, 4) is 5.69 Å². The number of anilines is 1. The maximum absolute atomic E-state index is 14.0. The molecule has 0 spiro atoms. The quantitative estimate of drug-likeness (QED) is 0.0850. The van der Waals surface area contributed by atoms with Gasteiger partial charge >= 0.3 is 5.97 Å². The lowest BCUT2D eigenvalue weighted by Crippen LogP contribution is -2.36. The first kappa shape index (κ1) is 38.2. The zero-order valence-corrected chi connectivity index (χ0v) is 29.6. The van der Waals surface area contributed by atoms with Gasteiger partial charge in [-0.25, -0.2) is 22.2 Å². The van der Waals surface area contributed by atoms with Crippen molar-refractivity contribution in [2.75, 3.05) is 12.0 Å². The Morgan fingerprint density at radius 1 is 0.918 bits per heavy atom. The molecule has 1 unspecified atom stereocenters. The van der Waals surface area contributed by atoms with Crippen LogP contribution in [0, 0.1) is 51.3 Å². The van der Waals surface area contributed by atoms with E-state index >= 15 is 0 Å². The lowest BCUT2D eigenvalue weighted by Gasteiger charge is -2.34. The fourth-order valence-corrected chi connectivity index (χ4v) is 8.68. The average molecular weight is 709 g/mol. The van der Waals surface area contributed by atoms with Crippen LogP contribution in [0.5, 0.6) is 0 Å². The summed E-state index contributed by atoms with van der Waals surface area (Å²) in [5.74, 6) is 1.85. The number of Topliss-reactive ketones (excluding diaryl/α,β-unsaturated/α-hetero) is 1. The molecule has 0 saturated heterocycles.